The van der Waals surface area contributed by atoms with Gasteiger partial charge in [0.2, 0.25) is 0 Å². The quantitative estimate of drug-likeness (QED) is 0.149. The van der Waals surface area contributed by atoms with E-state index in [4.69, 9.17) is 0 Å². The molecule has 2 heteroatoms. The minimum Gasteiger partial charge on any atom is -0.310 e. The average molecular weight is 781 g/mol. The van der Waals surface area contributed by atoms with Crippen molar-refractivity contribution in [3.63, 3.8) is 0 Å². The van der Waals surface area contributed by atoms with Crippen LogP contribution in [0, 0.1) is 0 Å². The van der Waals surface area contributed by atoms with Crippen LogP contribution in [0.3, 0.4) is 0 Å². The minimum absolute atomic E-state index is 0.339. The van der Waals surface area contributed by atoms with E-state index in [-0.39, 0.29) is 5.41 Å². The molecule has 1 aliphatic carbocycles. The van der Waals surface area contributed by atoms with E-state index in [0.717, 1.165) is 29.2 Å². The molecule has 0 radical (unpaired) electrons. The van der Waals surface area contributed by atoms with Gasteiger partial charge in [-0.15, -0.1) is 0 Å². The molecule has 2 nitrogen and oxygen atoms in total. The lowest BCUT2D eigenvalue weighted by Gasteiger charge is -2.36. The normalized spacial score (nSPS) is 15.0. The molecule has 0 bridgehead atoms. The number of nitrogens with zero attached hydrogens (tertiary/aromatic N) is 2. The molecule has 0 aliphatic heterocycles. The van der Waals surface area contributed by atoms with E-state index in [1.165, 1.54) is 71.5 Å². The first kappa shape index (κ1) is 36.4. The van der Waals surface area contributed by atoms with Gasteiger partial charge in [0.05, 0.1) is 16.7 Å². The van der Waals surface area contributed by atoms with Crippen molar-refractivity contribution in [3.8, 4) is 39.1 Å². The zero-order valence-corrected chi connectivity index (χ0v) is 34.1. The van der Waals surface area contributed by atoms with E-state index in [0.29, 0.717) is 0 Å². The summed E-state index contributed by atoms with van der Waals surface area (Å²) in [6.07, 6.45) is 8.10. The Morgan fingerprint density at radius 1 is 0.492 bits per heavy atom. The largest absolute Gasteiger partial charge is 0.310 e. The molecule has 9 aromatic carbocycles. The molecule has 290 valence electrons. The van der Waals surface area contributed by atoms with Gasteiger partial charge in [0.1, 0.15) is 0 Å². The van der Waals surface area contributed by atoms with Gasteiger partial charge >= 0.3 is 0 Å². The summed E-state index contributed by atoms with van der Waals surface area (Å²) in [5.74, 6) is 0. The number of aromatic nitrogens is 1. The molecule has 61 heavy (non-hydrogen) atoms. The van der Waals surface area contributed by atoms with Gasteiger partial charge in [0.15, 0.2) is 0 Å². The molecule has 0 fully saturated rings. The van der Waals surface area contributed by atoms with Crippen LogP contribution >= 0.6 is 0 Å². The van der Waals surface area contributed by atoms with Crippen molar-refractivity contribution in [2.45, 2.75) is 18.8 Å². The maximum atomic E-state index is 2.53. The Hall–Kier alpha value is -7.68. The third-order valence-electron chi connectivity index (χ3n) is 12.5. The Kier molecular flexibility index (Phi) is 9.05. The summed E-state index contributed by atoms with van der Waals surface area (Å²) in [6, 6.07) is 79.4. The summed E-state index contributed by atoms with van der Waals surface area (Å²) < 4.78 is 2.47. The maximum Gasteiger partial charge on any atom is 0.0622 e. The molecule has 0 amide bonds. The Balaban J connectivity index is 1.12. The van der Waals surface area contributed by atoms with Crippen LogP contribution in [0.15, 0.2) is 242 Å². The van der Waals surface area contributed by atoms with Crippen molar-refractivity contribution in [1.82, 2.24) is 4.57 Å². The van der Waals surface area contributed by atoms with Gasteiger partial charge in [0, 0.05) is 44.4 Å². The minimum atomic E-state index is -0.339. The van der Waals surface area contributed by atoms with E-state index in [1.54, 1.807) is 0 Å². The van der Waals surface area contributed by atoms with Crippen molar-refractivity contribution in [2.75, 3.05) is 4.90 Å². The predicted octanol–water partition coefficient (Wildman–Crippen LogP) is 15.9. The first-order valence-corrected chi connectivity index (χ1v) is 21.2. The highest BCUT2D eigenvalue weighted by Crippen LogP contribution is 2.48. The standard InChI is InChI=1S/C59H44N2/c1-59(54-38-37-52(45-21-7-3-8-22-45)58-57(54)53-28-14-16-30-56(53)61(58)48-24-9-4-10-25-48)39-17-26-50(41-59)60(55-29-15-13-27-51(55)44-19-5-2-6-20-44)49-35-33-43(34-36-49)47-32-31-42-18-11-12-23-46(42)40-47/h2-38,40-41H,39H2,1H3. The van der Waals surface area contributed by atoms with Crippen LogP contribution in [0.4, 0.5) is 11.4 Å². The molecule has 0 saturated heterocycles. The molecule has 1 aliphatic rings. The fourth-order valence-electron chi connectivity index (χ4n) is 9.58. The first-order valence-electron chi connectivity index (χ1n) is 21.2. The SMILES string of the molecule is CC1(c2ccc(-c3ccccc3)c3c2c2ccccc2n3-c2ccccc2)C=C(N(c2ccc(-c3ccc4ccccc4c3)cc2)c2ccccc2-c2ccccc2)C=CC1. The van der Waals surface area contributed by atoms with E-state index in [1.807, 2.05) is 0 Å². The van der Waals surface area contributed by atoms with Crippen molar-refractivity contribution in [1.29, 1.82) is 0 Å². The van der Waals surface area contributed by atoms with Crippen molar-refractivity contribution >= 4 is 44.0 Å². The summed E-state index contributed by atoms with van der Waals surface area (Å²) >= 11 is 0. The van der Waals surface area contributed by atoms with Gasteiger partial charge in [-0.2, -0.15) is 0 Å². The summed E-state index contributed by atoms with van der Waals surface area (Å²) in [7, 11) is 0. The first-order chi connectivity index (χ1) is 30.1. The summed E-state index contributed by atoms with van der Waals surface area (Å²) in [5.41, 5.74) is 15.2. The van der Waals surface area contributed by atoms with E-state index >= 15 is 0 Å². The van der Waals surface area contributed by atoms with Gasteiger partial charge in [-0.3, -0.25) is 0 Å². The molecule has 11 rings (SSSR count). The van der Waals surface area contributed by atoms with Gasteiger partial charge in [-0.1, -0.05) is 189 Å². The van der Waals surface area contributed by atoms with Gasteiger partial charge in [-0.25, -0.2) is 0 Å². The number of benzene rings is 9. The second kappa shape index (κ2) is 15.2. The monoisotopic (exact) mass is 780 g/mol. The maximum absolute atomic E-state index is 2.53. The fraction of sp³-hybridized carbons (Fsp3) is 0.0508. The zero-order chi connectivity index (χ0) is 40.8. The summed E-state index contributed by atoms with van der Waals surface area (Å²) in [4.78, 5) is 2.46. The Bertz CT molecular complexity index is 3270. The third kappa shape index (κ3) is 6.45. The molecule has 0 spiro atoms. The zero-order valence-electron chi connectivity index (χ0n) is 34.1. The number of rotatable bonds is 8. The molecular weight excluding hydrogens is 737 g/mol. The lowest BCUT2D eigenvalue weighted by Crippen LogP contribution is -2.26. The van der Waals surface area contributed by atoms with Crippen molar-refractivity contribution in [2.24, 2.45) is 0 Å². The van der Waals surface area contributed by atoms with Crippen LogP contribution in [-0.4, -0.2) is 4.57 Å². The Morgan fingerprint density at radius 3 is 1.89 bits per heavy atom. The van der Waals surface area contributed by atoms with Crippen LogP contribution in [0.5, 0.6) is 0 Å². The van der Waals surface area contributed by atoms with E-state index in [9.17, 15) is 0 Å². The predicted molar refractivity (Wildman–Crippen MR) is 259 cm³/mol. The van der Waals surface area contributed by atoms with Gasteiger partial charge in [0.25, 0.3) is 0 Å². The molecule has 0 N–H and O–H groups in total. The molecule has 0 saturated carbocycles. The Labute approximate surface area is 357 Å². The number of anilines is 2. The molecule has 1 heterocycles. The third-order valence-corrected chi connectivity index (χ3v) is 12.5. The number of fused-ring (bicyclic) bond motifs is 4. The van der Waals surface area contributed by atoms with Gasteiger partial charge < -0.3 is 9.47 Å². The van der Waals surface area contributed by atoms with Crippen molar-refractivity contribution in [3.05, 3.63) is 248 Å². The number of para-hydroxylation sites is 3. The fourth-order valence-corrected chi connectivity index (χ4v) is 9.58. The van der Waals surface area contributed by atoms with Crippen molar-refractivity contribution < 1.29 is 0 Å². The number of hydrogen-bond donors (Lipinski definition) is 0. The van der Waals surface area contributed by atoms with Crippen LogP contribution in [0.1, 0.15) is 18.9 Å². The highest BCUT2D eigenvalue weighted by atomic mass is 15.1. The highest BCUT2D eigenvalue weighted by molar-refractivity contribution is 6.15. The highest BCUT2D eigenvalue weighted by Gasteiger charge is 2.33. The average Bonchev–Trinajstić information content (AvgIpc) is 3.68. The number of hydrogen-bond acceptors (Lipinski definition) is 1. The second-order valence-electron chi connectivity index (χ2n) is 16.4. The topological polar surface area (TPSA) is 8.17 Å². The summed E-state index contributed by atoms with van der Waals surface area (Å²) in [5, 5.41) is 5.06. The molecule has 10 aromatic rings. The summed E-state index contributed by atoms with van der Waals surface area (Å²) in [6.45, 7) is 2.42. The van der Waals surface area contributed by atoms with E-state index in [2.05, 4.69) is 253 Å². The Morgan fingerprint density at radius 2 is 1.11 bits per heavy atom. The van der Waals surface area contributed by atoms with Crippen LogP contribution in [0.2, 0.25) is 0 Å². The lowest BCUT2D eigenvalue weighted by molar-refractivity contribution is 0.599. The molecule has 1 aromatic heterocycles. The van der Waals surface area contributed by atoms with Crippen LogP contribution in [0.25, 0.3) is 71.6 Å². The van der Waals surface area contributed by atoms with Crippen LogP contribution < -0.4 is 4.90 Å². The second-order valence-corrected chi connectivity index (χ2v) is 16.4. The molecule has 1 atom stereocenters. The molecule has 1 unspecified atom stereocenters. The lowest BCUT2D eigenvalue weighted by atomic mass is 9.74. The van der Waals surface area contributed by atoms with Gasteiger partial charge in [-0.05, 0) is 99.6 Å². The van der Waals surface area contributed by atoms with Crippen LogP contribution in [-0.2, 0) is 5.41 Å². The smallest absolute Gasteiger partial charge is 0.0622 e. The number of allylic oxidation sites excluding steroid dienone is 3. The molecular formula is C59H44N2. The van der Waals surface area contributed by atoms with E-state index < -0.39 is 0 Å².